The average molecular weight is 216 g/mol. The fourth-order valence-corrected chi connectivity index (χ4v) is 0.701. The van der Waals surface area contributed by atoms with E-state index in [4.69, 9.17) is 4.89 Å². The summed E-state index contributed by atoms with van der Waals surface area (Å²) in [7, 11) is 0. The fourth-order valence-electron chi connectivity index (χ4n) is 0.701. The Balaban J connectivity index is 3.70. The van der Waals surface area contributed by atoms with E-state index in [-0.39, 0.29) is 0 Å². The quantitative estimate of drug-likeness (QED) is 0.389. The molecule has 0 aliphatic rings. The van der Waals surface area contributed by atoms with Gasteiger partial charge in [0.05, 0.1) is 5.60 Å². The van der Waals surface area contributed by atoms with Crippen LogP contribution >= 0.6 is 0 Å². The average Bonchev–Trinajstić information content (AvgIpc) is 2.11. The van der Waals surface area contributed by atoms with Crippen LogP contribution in [0.15, 0.2) is 12.2 Å². The summed E-state index contributed by atoms with van der Waals surface area (Å²) in [6.07, 6.45) is 2.54. The molecule has 0 spiro atoms. The van der Waals surface area contributed by atoms with Crippen molar-refractivity contribution in [2.24, 2.45) is 0 Å². The largest absolute Gasteiger partial charge is 0.371 e. The molecule has 0 aromatic rings. The Kier molecular flexibility index (Phi) is 6.20. The number of rotatable bonds is 6. The summed E-state index contributed by atoms with van der Waals surface area (Å²) in [4.78, 5) is 20.4. The van der Waals surface area contributed by atoms with E-state index >= 15 is 0 Å². The van der Waals surface area contributed by atoms with Crippen LogP contribution in [0.4, 0.5) is 0 Å². The second-order valence-electron chi connectivity index (χ2n) is 4.34. The van der Waals surface area contributed by atoms with Gasteiger partial charge in [0.2, 0.25) is 0 Å². The van der Waals surface area contributed by atoms with Crippen LogP contribution in [0.3, 0.4) is 0 Å². The monoisotopic (exact) mass is 216 g/mol. The predicted octanol–water partition coefficient (Wildman–Crippen LogP) is 2.94. The highest BCUT2D eigenvalue weighted by molar-refractivity contribution is 5.87. The Labute approximate surface area is 91.1 Å². The molecule has 0 aromatic carbocycles. The number of carbonyl (C=O) groups excluding carboxylic acids is 1. The van der Waals surface area contributed by atoms with Crippen LogP contribution in [0, 0.1) is 0 Å². The Hall–Kier alpha value is -0.870. The lowest BCUT2D eigenvalue weighted by molar-refractivity contribution is -0.513. The van der Waals surface area contributed by atoms with Gasteiger partial charge in [0.15, 0.2) is 0 Å². The van der Waals surface area contributed by atoms with Gasteiger partial charge in [0.1, 0.15) is 0 Å². The van der Waals surface area contributed by atoms with E-state index in [1.807, 2.05) is 6.92 Å². The zero-order chi connectivity index (χ0) is 11.9. The Bertz CT molecular complexity index is 215. The lowest BCUT2D eigenvalue weighted by Crippen LogP contribution is -2.21. The van der Waals surface area contributed by atoms with Crippen LogP contribution in [-0.4, -0.2) is 11.6 Å². The van der Waals surface area contributed by atoms with Gasteiger partial charge in [-0.05, 0) is 38.7 Å². The Morgan fingerprint density at radius 2 is 1.93 bits per heavy atom. The van der Waals surface area contributed by atoms with Gasteiger partial charge in [-0.25, -0.2) is 4.79 Å². The summed E-state index contributed by atoms with van der Waals surface area (Å²) in [5.74, 6) is -0.576. The summed E-state index contributed by atoms with van der Waals surface area (Å²) < 4.78 is 0. The zero-order valence-electron chi connectivity index (χ0n) is 9.96. The van der Waals surface area contributed by atoms with Crippen molar-refractivity contribution in [2.45, 2.75) is 52.6 Å². The minimum atomic E-state index is -0.576. The minimum absolute atomic E-state index is 0.398. The number of carbonyl (C=O) groups is 1. The molecule has 0 unspecified atom stereocenters. The van der Waals surface area contributed by atoms with Gasteiger partial charge in [-0.3, -0.25) is 4.89 Å². The minimum Gasteiger partial charge on any atom is -0.264 e. The third kappa shape index (κ3) is 8.15. The molecule has 4 nitrogen and oxygen atoms in total. The molecule has 0 rings (SSSR count). The maximum absolute atomic E-state index is 11.2. The van der Waals surface area contributed by atoms with Crippen LogP contribution in [0.5, 0.6) is 0 Å². The number of unbranched alkanes of at least 4 members (excludes halogenated alkanes) is 1. The third-order valence-corrected chi connectivity index (χ3v) is 1.51. The Morgan fingerprint density at radius 3 is 2.40 bits per heavy atom. The molecule has 4 heteroatoms. The maximum atomic E-state index is 11.2. The first-order valence-electron chi connectivity index (χ1n) is 5.11. The SMILES string of the molecule is C=C(CCCC)C(=O)OOOC(C)(C)C. The van der Waals surface area contributed by atoms with Gasteiger partial charge in [-0.2, -0.15) is 4.89 Å². The standard InChI is InChI=1S/C11H20O4/c1-6-7-8-9(2)10(12)13-15-14-11(3,4)5/h2,6-8H2,1,3-5H3. The van der Waals surface area contributed by atoms with Crippen molar-refractivity contribution < 1.29 is 19.6 Å². The van der Waals surface area contributed by atoms with E-state index in [0.29, 0.717) is 12.0 Å². The molecule has 0 aromatic heterocycles. The van der Waals surface area contributed by atoms with E-state index in [1.165, 1.54) is 0 Å². The van der Waals surface area contributed by atoms with Gasteiger partial charge in [-0.15, -0.1) is 0 Å². The van der Waals surface area contributed by atoms with Crippen molar-refractivity contribution >= 4 is 5.97 Å². The molecule has 88 valence electrons. The van der Waals surface area contributed by atoms with Crippen molar-refractivity contribution in [1.82, 2.24) is 0 Å². The first kappa shape index (κ1) is 14.1. The molecule has 0 bridgehead atoms. The van der Waals surface area contributed by atoms with Crippen molar-refractivity contribution in [3.63, 3.8) is 0 Å². The van der Waals surface area contributed by atoms with Crippen LogP contribution < -0.4 is 0 Å². The van der Waals surface area contributed by atoms with Crippen molar-refractivity contribution in [2.75, 3.05) is 0 Å². The van der Waals surface area contributed by atoms with Crippen molar-refractivity contribution in [3.8, 4) is 0 Å². The second-order valence-corrected chi connectivity index (χ2v) is 4.34. The highest BCUT2D eigenvalue weighted by Gasteiger charge is 2.15. The summed E-state index contributed by atoms with van der Waals surface area (Å²) in [5, 5.41) is 4.35. The molecule has 15 heavy (non-hydrogen) atoms. The van der Waals surface area contributed by atoms with Gasteiger partial charge in [0, 0.05) is 5.57 Å². The summed E-state index contributed by atoms with van der Waals surface area (Å²) >= 11 is 0. The Morgan fingerprint density at radius 1 is 1.33 bits per heavy atom. The summed E-state index contributed by atoms with van der Waals surface area (Å²) in [6, 6.07) is 0. The molecular weight excluding hydrogens is 196 g/mol. The number of hydrogen-bond acceptors (Lipinski definition) is 4. The molecular formula is C11H20O4. The fraction of sp³-hybridized carbons (Fsp3) is 0.727. The molecule has 0 saturated heterocycles. The molecule has 0 fully saturated rings. The lowest BCUT2D eigenvalue weighted by atomic mass is 10.1. The molecule has 0 heterocycles. The van der Waals surface area contributed by atoms with E-state index in [0.717, 1.165) is 12.8 Å². The molecule has 0 atom stereocenters. The van der Waals surface area contributed by atoms with Crippen molar-refractivity contribution in [3.05, 3.63) is 12.2 Å². The highest BCUT2D eigenvalue weighted by Crippen LogP contribution is 2.10. The zero-order valence-corrected chi connectivity index (χ0v) is 9.96. The lowest BCUT2D eigenvalue weighted by Gasteiger charge is -2.15. The topological polar surface area (TPSA) is 44.8 Å². The van der Waals surface area contributed by atoms with Crippen LogP contribution in [0.2, 0.25) is 0 Å². The van der Waals surface area contributed by atoms with Crippen LogP contribution in [-0.2, 0) is 19.6 Å². The van der Waals surface area contributed by atoms with Crippen LogP contribution in [0.25, 0.3) is 0 Å². The second kappa shape index (κ2) is 6.58. The first-order valence-corrected chi connectivity index (χ1v) is 5.11. The normalized spacial score (nSPS) is 11.2. The van der Waals surface area contributed by atoms with Gasteiger partial charge < -0.3 is 0 Å². The summed E-state index contributed by atoms with van der Waals surface area (Å²) in [5.41, 5.74) is -0.111. The molecule has 0 amide bonds. The molecule has 0 saturated carbocycles. The van der Waals surface area contributed by atoms with Gasteiger partial charge >= 0.3 is 5.97 Å². The van der Waals surface area contributed by atoms with E-state index in [1.54, 1.807) is 20.8 Å². The van der Waals surface area contributed by atoms with Gasteiger partial charge in [-0.1, -0.05) is 19.9 Å². The first-order chi connectivity index (χ1) is 6.87. The predicted molar refractivity (Wildman–Crippen MR) is 56.7 cm³/mol. The maximum Gasteiger partial charge on any atom is 0.371 e. The molecule has 0 aliphatic carbocycles. The van der Waals surface area contributed by atoms with E-state index < -0.39 is 11.6 Å². The van der Waals surface area contributed by atoms with E-state index in [9.17, 15) is 4.79 Å². The molecule has 0 N–H and O–H groups in total. The highest BCUT2D eigenvalue weighted by atomic mass is 17.5. The van der Waals surface area contributed by atoms with Crippen LogP contribution in [0.1, 0.15) is 47.0 Å². The smallest absolute Gasteiger partial charge is 0.264 e. The van der Waals surface area contributed by atoms with Crippen molar-refractivity contribution in [1.29, 1.82) is 0 Å². The summed E-state index contributed by atoms with van der Waals surface area (Å²) in [6.45, 7) is 11.0. The van der Waals surface area contributed by atoms with E-state index in [2.05, 4.69) is 16.5 Å². The molecule has 0 radical (unpaired) electrons. The van der Waals surface area contributed by atoms with Gasteiger partial charge in [0.25, 0.3) is 0 Å². The number of hydrogen-bond donors (Lipinski definition) is 0. The third-order valence-electron chi connectivity index (χ3n) is 1.51. The molecule has 0 aliphatic heterocycles.